The summed E-state index contributed by atoms with van der Waals surface area (Å²) in [4.78, 5) is 18.0. The van der Waals surface area contributed by atoms with E-state index in [1.54, 1.807) is 12.1 Å². The first-order chi connectivity index (χ1) is 12.9. The molecule has 0 bridgehead atoms. The van der Waals surface area contributed by atoms with E-state index in [0.717, 1.165) is 35.5 Å². The predicted octanol–water partition coefficient (Wildman–Crippen LogP) is 4.27. The van der Waals surface area contributed by atoms with E-state index in [9.17, 15) is 9.18 Å². The van der Waals surface area contributed by atoms with E-state index >= 15 is 0 Å². The molecule has 3 rings (SSSR count). The van der Waals surface area contributed by atoms with Gasteiger partial charge in [0.2, 0.25) is 0 Å². The Morgan fingerprint density at radius 2 is 2.11 bits per heavy atom. The molecule has 27 heavy (non-hydrogen) atoms. The van der Waals surface area contributed by atoms with Crippen molar-refractivity contribution >= 4 is 17.2 Å². The van der Waals surface area contributed by atoms with Crippen molar-refractivity contribution in [3.63, 3.8) is 0 Å². The van der Waals surface area contributed by atoms with E-state index in [4.69, 9.17) is 4.74 Å². The summed E-state index contributed by atoms with van der Waals surface area (Å²) in [7, 11) is 0. The molecule has 4 nitrogen and oxygen atoms in total. The van der Waals surface area contributed by atoms with Gasteiger partial charge >= 0.3 is 0 Å². The van der Waals surface area contributed by atoms with E-state index in [-0.39, 0.29) is 17.1 Å². The zero-order valence-electron chi connectivity index (χ0n) is 16.2. The van der Waals surface area contributed by atoms with Crippen molar-refractivity contribution in [2.75, 3.05) is 19.8 Å². The van der Waals surface area contributed by atoms with Crippen LogP contribution in [0.4, 0.5) is 4.39 Å². The standard InChI is InChI=1S/C21H27FN2O2S/c1-14(2)11-18-24-15(3)19(27-18)20(25)23-13-21(7-9-26-10-8-21)16-5-4-6-17(22)12-16/h4-6,12,14H,7-11,13H2,1-3H3,(H,23,25). The lowest BCUT2D eigenvalue weighted by Crippen LogP contribution is -2.44. The van der Waals surface area contributed by atoms with Gasteiger partial charge in [-0.05, 0) is 43.4 Å². The minimum Gasteiger partial charge on any atom is -0.381 e. The van der Waals surface area contributed by atoms with Gasteiger partial charge in [-0.25, -0.2) is 9.37 Å². The number of rotatable bonds is 6. The van der Waals surface area contributed by atoms with Crippen LogP contribution in [-0.2, 0) is 16.6 Å². The highest BCUT2D eigenvalue weighted by molar-refractivity contribution is 7.13. The van der Waals surface area contributed by atoms with Gasteiger partial charge in [-0.15, -0.1) is 11.3 Å². The Morgan fingerprint density at radius 3 is 2.78 bits per heavy atom. The van der Waals surface area contributed by atoms with E-state index in [1.165, 1.54) is 17.4 Å². The molecular weight excluding hydrogens is 363 g/mol. The number of hydrogen-bond acceptors (Lipinski definition) is 4. The molecular formula is C21H27FN2O2S. The molecule has 2 heterocycles. The van der Waals surface area contributed by atoms with Crippen LogP contribution < -0.4 is 5.32 Å². The van der Waals surface area contributed by atoms with Crippen LogP contribution in [0.1, 0.15) is 52.6 Å². The second-order valence-corrected chi connectivity index (χ2v) is 8.79. The summed E-state index contributed by atoms with van der Waals surface area (Å²) < 4.78 is 19.3. The van der Waals surface area contributed by atoms with Crippen LogP contribution in [0.15, 0.2) is 24.3 Å². The molecule has 6 heteroatoms. The molecule has 1 aliphatic rings. The number of aryl methyl sites for hydroxylation is 1. The number of ether oxygens (including phenoxy) is 1. The summed E-state index contributed by atoms with van der Waals surface area (Å²) in [5.74, 6) is 0.161. The number of amides is 1. The Labute approximate surface area is 164 Å². The SMILES string of the molecule is Cc1nc(CC(C)C)sc1C(=O)NCC1(c2cccc(F)c2)CCOCC1. The smallest absolute Gasteiger partial charge is 0.263 e. The molecule has 1 amide bonds. The van der Waals surface area contributed by atoms with Crippen molar-refractivity contribution in [3.05, 3.63) is 51.2 Å². The zero-order chi connectivity index (χ0) is 19.4. The molecule has 2 aromatic rings. The lowest BCUT2D eigenvalue weighted by atomic mass is 9.74. The van der Waals surface area contributed by atoms with Crippen LogP contribution in [0.5, 0.6) is 0 Å². The summed E-state index contributed by atoms with van der Waals surface area (Å²) in [6, 6.07) is 6.71. The second kappa shape index (κ2) is 8.48. The summed E-state index contributed by atoms with van der Waals surface area (Å²) in [5, 5.41) is 4.09. The van der Waals surface area contributed by atoms with Gasteiger partial charge in [0.05, 0.1) is 10.7 Å². The lowest BCUT2D eigenvalue weighted by Gasteiger charge is -2.38. The van der Waals surface area contributed by atoms with Crippen molar-refractivity contribution in [2.24, 2.45) is 5.92 Å². The van der Waals surface area contributed by atoms with E-state index in [1.807, 2.05) is 13.0 Å². The Hall–Kier alpha value is -1.79. The highest BCUT2D eigenvalue weighted by Crippen LogP contribution is 2.35. The molecule has 0 aliphatic carbocycles. The maximum Gasteiger partial charge on any atom is 0.263 e. The number of nitrogens with one attached hydrogen (secondary N) is 1. The molecule has 1 aromatic carbocycles. The Morgan fingerprint density at radius 1 is 1.37 bits per heavy atom. The molecule has 0 unspecified atom stereocenters. The summed E-state index contributed by atoms with van der Waals surface area (Å²) >= 11 is 1.47. The van der Waals surface area contributed by atoms with Gasteiger partial charge in [0.15, 0.2) is 0 Å². The van der Waals surface area contributed by atoms with Gasteiger partial charge in [-0.3, -0.25) is 4.79 Å². The molecule has 1 fully saturated rings. The van der Waals surface area contributed by atoms with Crippen LogP contribution in [0, 0.1) is 18.7 Å². The Bertz CT molecular complexity index is 797. The normalized spacial score (nSPS) is 16.5. The van der Waals surface area contributed by atoms with Crippen molar-refractivity contribution < 1.29 is 13.9 Å². The maximum absolute atomic E-state index is 13.8. The van der Waals surface area contributed by atoms with Gasteiger partial charge in [-0.1, -0.05) is 26.0 Å². The number of nitrogens with zero attached hydrogens (tertiary/aromatic N) is 1. The fourth-order valence-corrected chi connectivity index (χ4v) is 4.77. The van der Waals surface area contributed by atoms with Crippen LogP contribution in [0.25, 0.3) is 0 Å². The Kier molecular flexibility index (Phi) is 6.27. The quantitative estimate of drug-likeness (QED) is 0.801. The molecule has 0 atom stereocenters. The fourth-order valence-electron chi connectivity index (χ4n) is 3.58. The minimum absolute atomic E-state index is 0.0951. The molecule has 1 aromatic heterocycles. The largest absolute Gasteiger partial charge is 0.381 e. The van der Waals surface area contributed by atoms with Crippen LogP contribution >= 0.6 is 11.3 Å². The number of halogens is 1. The first-order valence-electron chi connectivity index (χ1n) is 9.48. The molecule has 146 valence electrons. The maximum atomic E-state index is 13.8. The number of thiazole rings is 1. The van der Waals surface area contributed by atoms with Gasteiger partial charge in [0.1, 0.15) is 10.7 Å². The number of hydrogen-bond donors (Lipinski definition) is 1. The van der Waals surface area contributed by atoms with Crippen molar-refractivity contribution in [3.8, 4) is 0 Å². The zero-order valence-corrected chi connectivity index (χ0v) is 17.0. The fraction of sp³-hybridized carbons (Fsp3) is 0.524. The highest BCUT2D eigenvalue weighted by Gasteiger charge is 2.35. The first-order valence-corrected chi connectivity index (χ1v) is 10.3. The second-order valence-electron chi connectivity index (χ2n) is 7.71. The average Bonchev–Trinajstić information content (AvgIpc) is 3.00. The minimum atomic E-state index is -0.296. The lowest BCUT2D eigenvalue weighted by molar-refractivity contribution is 0.0486. The molecule has 1 aliphatic heterocycles. The third kappa shape index (κ3) is 4.74. The average molecular weight is 391 g/mol. The van der Waals surface area contributed by atoms with Crippen molar-refractivity contribution in [2.45, 2.75) is 45.4 Å². The van der Waals surface area contributed by atoms with Crippen LogP contribution in [0.2, 0.25) is 0 Å². The Balaban J connectivity index is 1.76. The van der Waals surface area contributed by atoms with E-state index in [0.29, 0.717) is 30.6 Å². The third-order valence-electron chi connectivity index (χ3n) is 5.10. The topological polar surface area (TPSA) is 51.2 Å². The number of benzene rings is 1. The first kappa shape index (κ1) is 20.0. The van der Waals surface area contributed by atoms with Crippen molar-refractivity contribution in [1.82, 2.24) is 10.3 Å². The van der Waals surface area contributed by atoms with Gasteiger partial charge in [-0.2, -0.15) is 0 Å². The summed E-state index contributed by atoms with van der Waals surface area (Å²) in [6.45, 7) is 7.87. The van der Waals surface area contributed by atoms with Gasteiger partial charge in [0, 0.05) is 31.6 Å². The van der Waals surface area contributed by atoms with Gasteiger partial charge in [0.25, 0.3) is 5.91 Å². The predicted molar refractivity (Wildman–Crippen MR) is 106 cm³/mol. The van der Waals surface area contributed by atoms with Crippen LogP contribution in [-0.4, -0.2) is 30.6 Å². The highest BCUT2D eigenvalue weighted by atomic mass is 32.1. The third-order valence-corrected chi connectivity index (χ3v) is 6.28. The molecule has 0 spiro atoms. The monoisotopic (exact) mass is 390 g/mol. The molecule has 0 saturated carbocycles. The van der Waals surface area contributed by atoms with Crippen molar-refractivity contribution in [1.29, 1.82) is 0 Å². The molecule has 1 saturated heterocycles. The summed E-state index contributed by atoms with van der Waals surface area (Å²) in [5.41, 5.74) is 1.41. The number of carbonyl (C=O) groups excluding carboxylic acids is 1. The van der Waals surface area contributed by atoms with Gasteiger partial charge < -0.3 is 10.1 Å². The molecule has 1 N–H and O–H groups in total. The number of aromatic nitrogens is 1. The molecule has 0 radical (unpaired) electrons. The van der Waals surface area contributed by atoms with E-state index in [2.05, 4.69) is 24.1 Å². The summed E-state index contributed by atoms with van der Waals surface area (Å²) in [6.07, 6.45) is 2.40. The number of carbonyl (C=O) groups is 1. The van der Waals surface area contributed by atoms with Crippen LogP contribution in [0.3, 0.4) is 0 Å². The van der Waals surface area contributed by atoms with E-state index < -0.39 is 0 Å².